The number of ether oxygens (including phenoxy) is 1. The molecular formula is C18H18F2N5O4S-. The van der Waals surface area contributed by atoms with Crippen LogP contribution in [0.5, 0.6) is 5.75 Å². The maximum Gasteiger partial charge on any atom is 0.276 e. The number of carbonyl (C=O) groups is 1. The van der Waals surface area contributed by atoms with Crippen molar-refractivity contribution in [2.24, 2.45) is 19.8 Å². The zero-order chi connectivity index (χ0) is 22.0. The molecule has 0 spiro atoms. The highest BCUT2D eigenvalue weighted by Gasteiger charge is 2.24. The van der Waals surface area contributed by atoms with Crippen LogP contribution >= 0.6 is 0 Å². The molecule has 0 saturated heterocycles. The Morgan fingerprint density at radius 1 is 1.33 bits per heavy atom. The van der Waals surface area contributed by atoms with Gasteiger partial charge in [0.15, 0.2) is 23.1 Å². The van der Waals surface area contributed by atoms with E-state index >= 15 is 0 Å². The van der Waals surface area contributed by atoms with E-state index < -0.39 is 34.7 Å². The first kappa shape index (κ1) is 21.6. The van der Waals surface area contributed by atoms with E-state index in [-0.39, 0.29) is 28.6 Å². The van der Waals surface area contributed by atoms with Crippen LogP contribution in [0.25, 0.3) is 0 Å². The first-order valence-electron chi connectivity index (χ1n) is 8.59. The Kier molecular flexibility index (Phi) is 6.29. The second-order valence-electron chi connectivity index (χ2n) is 6.46. The number of anilines is 1. The predicted octanol–water partition coefficient (Wildman–Crippen LogP) is 1.61. The summed E-state index contributed by atoms with van der Waals surface area (Å²) >= 11 is -2.70. The topological polar surface area (TPSA) is 127 Å². The van der Waals surface area contributed by atoms with Crippen LogP contribution in [-0.2, 0) is 25.2 Å². The van der Waals surface area contributed by atoms with Crippen molar-refractivity contribution >= 4 is 22.7 Å². The van der Waals surface area contributed by atoms with Crippen LogP contribution in [-0.4, -0.2) is 35.6 Å². The van der Waals surface area contributed by atoms with Gasteiger partial charge in [-0.25, -0.2) is 8.78 Å². The van der Waals surface area contributed by atoms with Crippen molar-refractivity contribution in [3.63, 3.8) is 0 Å². The van der Waals surface area contributed by atoms with Crippen LogP contribution in [0.2, 0.25) is 0 Å². The number of nitrogens with zero attached hydrogens (tertiary/aromatic N) is 3. The van der Waals surface area contributed by atoms with Crippen molar-refractivity contribution in [2.75, 3.05) is 11.9 Å². The van der Waals surface area contributed by atoms with E-state index in [4.69, 9.17) is 10.5 Å². The number of nitrogens with two attached hydrogens (primary N) is 1. The number of halogens is 2. The lowest BCUT2D eigenvalue weighted by atomic mass is 10.2. The second-order valence-corrected chi connectivity index (χ2v) is 7.37. The number of nitrogens with one attached hydrogen (secondary N) is 1. The fourth-order valence-electron chi connectivity index (χ4n) is 2.76. The lowest BCUT2D eigenvalue weighted by molar-refractivity contribution is 0.101. The average Bonchev–Trinajstić information content (AvgIpc) is 3.26. The molecule has 0 fully saturated rings. The third-order valence-corrected chi connectivity index (χ3v) is 4.88. The Morgan fingerprint density at radius 2 is 2.07 bits per heavy atom. The van der Waals surface area contributed by atoms with E-state index in [1.807, 2.05) is 0 Å². The molecule has 160 valence electrons. The Morgan fingerprint density at radius 3 is 2.67 bits per heavy atom. The lowest BCUT2D eigenvalue weighted by Crippen LogP contribution is -2.21. The SMILES string of the molecule is Cn1cc(C(N)COc2c(S(=O)[O-])cn(C)c2C(=O)Nc2ccc(F)c(F)c2)cn1. The fraction of sp³-hybridized carbons (Fsp3) is 0.222. The molecule has 2 unspecified atom stereocenters. The van der Waals surface area contributed by atoms with Gasteiger partial charge in [0.1, 0.15) is 6.61 Å². The molecule has 0 aliphatic carbocycles. The normalized spacial score (nSPS) is 13.1. The highest BCUT2D eigenvalue weighted by Crippen LogP contribution is 2.30. The number of benzene rings is 1. The number of aryl methyl sites for hydroxylation is 2. The summed E-state index contributed by atoms with van der Waals surface area (Å²) in [5.74, 6) is -3.18. The van der Waals surface area contributed by atoms with Gasteiger partial charge in [-0.05, 0) is 23.2 Å². The molecule has 30 heavy (non-hydrogen) atoms. The van der Waals surface area contributed by atoms with Crippen LogP contribution in [0.3, 0.4) is 0 Å². The van der Waals surface area contributed by atoms with E-state index in [0.29, 0.717) is 5.56 Å². The molecule has 0 aliphatic rings. The zero-order valence-electron chi connectivity index (χ0n) is 16.0. The first-order chi connectivity index (χ1) is 14.2. The number of hydrogen-bond donors (Lipinski definition) is 2. The number of hydrogen-bond acceptors (Lipinski definition) is 6. The third-order valence-electron chi connectivity index (χ3n) is 4.23. The van der Waals surface area contributed by atoms with Gasteiger partial charge in [0.25, 0.3) is 5.91 Å². The second kappa shape index (κ2) is 8.73. The van der Waals surface area contributed by atoms with Gasteiger partial charge in [-0.3, -0.25) is 13.7 Å². The van der Waals surface area contributed by atoms with Gasteiger partial charge in [0.05, 0.1) is 17.1 Å². The van der Waals surface area contributed by atoms with Gasteiger partial charge in [0, 0.05) is 43.8 Å². The maximum absolute atomic E-state index is 13.4. The van der Waals surface area contributed by atoms with Crippen LogP contribution in [0.4, 0.5) is 14.5 Å². The molecule has 2 aromatic heterocycles. The van der Waals surface area contributed by atoms with E-state index in [1.54, 1.807) is 24.1 Å². The molecule has 3 aromatic rings. The smallest absolute Gasteiger partial charge is 0.276 e. The molecule has 3 N–H and O–H groups in total. The first-order valence-corrected chi connectivity index (χ1v) is 9.66. The van der Waals surface area contributed by atoms with Crippen LogP contribution < -0.4 is 15.8 Å². The Labute approximate surface area is 172 Å². The van der Waals surface area contributed by atoms with E-state index in [0.717, 1.165) is 12.1 Å². The largest absolute Gasteiger partial charge is 0.768 e. The Balaban J connectivity index is 1.87. The molecule has 0 aliphatic heterocycles. The van der Waals surface area contributed by atoms with Crippen molar-refractivity contribution in [1.29, 1.82) is 0 Å². The molecule has 1 amide bonds. The summed E-state index contributed by atoms with van der Waals surface area (Å²) in [7, 11) is 3.16. The number of amides is 1. The fourth-order valence-corrected chi connectivity index (χ4v) is 3.31. The summed E-state index contributed by atoms with van der Waals surface area (Å²) in [5, 5.41) is 6.40. The lowest BCUT2D eigenvalue weighted by Gasteiger charge is -2.15. The summed E-state index contributed by atoms with van der Waals surface area (Å²) in [4.78, 5) is 12.5. The minimum atomic E-state index is -2.70. The summed E-state index contributed by atoms with van der Waals surface area (Å²) in [6, 6.07) is 2.21. The molecule has 0 saturated carbocycles. The van der Waals surface area contributed by atoms with Crippen molar-refractivity contribution < 1.29 is 27.1 Å². The van der Waals surface area contributed by atoms with Crippen molar-refractivity contribution in [3.05, 3.63) is 59.7 Å². The maximum atomic E-state index is 13.4. The molecule has 2 atom stereocenters. The minimum Gasteiger partial charge on any atom is -0.768 e. The molecule has 1 aromatic carbocycles. The average molecular weight is 438 g/mol. The van der Waals surface area contributed by atoms with Crippen LogP contribution in [0.15, 0.2) is 41.7 Å². The Hall–Kier alpha value is -3.09. The van der Waals surface area contributed by atoms with E-state index in [1.165, 1.54) is 23.9 Å². The molecule has 0 radical (unpaired) electrons. The number of aromatic nitrogens is 3. The summed E-state index contributed by atoms with van der Waals surface area (Å²) in [6.07, 6.45) is 4.43. The molecular weight excluding hydrogens is 420 g/mol. The summed E-state index contributed by atoms with van der Waals surface area (Å²) < 4.78 is 58.1. The molecule has 0 bridgehead atoms. The highest BCUT2D eigenvalue weighted by atomic mass is 32.2. The van der Waals surface area contributed by atoms with Gasteiger partial charge >= 0.3 is 0 Å². The van der Waals surface area contributed by atoms with E-state index in [2.05, 4.69) is 10.4 Å². The third kappa shape index (κ3) is 4.56. The zero-order valence-corrected chi connectivity index (χ0v) is 16.8. The van der Waals surface area contributed by atoms with Crippen LogP contribution in [0, 0.1) is 11.6 Å². The molecule has 9 nitrogen and oxygen atoms in total. The van der Waals surface area contributed by atoms with E-state index in [9.17, 15) is 22.3 Å². The standard InChI is InChI=1S/C18H19F2N5O4S/c1-24-8-15(30(27)28)17(29-9-14(21)10-6-22-25(2)7-10)16(24)18(26)23-11-3-4-12(19)13(20)5-11/h3-8,14H,9,21H2,1-2H3,(H,23,26)(H,27,28)/p-1. The van der Waals surface area contributed by atoms with Crippen molar-refractivity contribution in [3.8, 4) is 5.75 Å². The quantitative estimate of drug-likeness (QED) is 0.540. The van der Waals surface area contributed by atoms with Gasteiger partial charge in [-0.1, -0.05) is 0 Å². The number of carbonyl (C=O) groups excluding carboxylic acids is 1. The monoisotopic (exact) mass is 438 g/mol. The van der Waals surface area contributed by atoms with Crippen molar-refractivity contribution in [2.45, 2.75) is 10.9 Å². The van der Waals surface area contributed by atoms with Gasteiger partial charge in [0.2, 0.25) is 0 Å². The van der Waals surface area contributed by atoms with Gasteiger partial charge in [-0.2, -0.15) is 5.10 Å². The molecule has 2 heterocycles. The minimum absolute atomic E-state index is 0.0112. The molecule has 12 heteroatoms. The van der Waals surface area contributed by atoms with Crippen molar-refractivity contribution in [1.82, 2.24) is 14.3 Å². The predicted molar refractivity (Wildman–Crippen MR) is 103 cm³/mol. The summed E-state index contributed by atoms with van der Waals surface area (Å²) in [5.41, 5.74) is 6.57. The number of rotatable bonds is 7. The summed E-state index contributed by atoms with van der Waals surface area (Å²) in [6.45, 7) is -0.134. The van der Waals surface area contributed by atoms with Crippen LogP contribution in [0.1, 0.15) is 22.1 Å². The Bertz CT molecular complexity index is 1110. The highest BCUT2D eigenvalue weighted by molar-refractivity contribution is 7.79. The molecule has 3 rings (SSSR count). The van der Waals surface area contributed by atoms with Gasteiger partial charge < -0.3 is 24.9 Å². The van der Waals surface area contributed by atoms with Gasteiger partial charge in [-0.15, -0.1) is 0 Å².